The Morgan fingerprint density at radius 2 is 1.69 bits per heavy atom. The second-order valence-electron chi connectivity index (χ2n) is 5.33. The Kier molecular flexibility index (Phi) is 5.90. The second-order valence-corrected chi connectivity index (χ2v) is 5.33. The van der Waals surface area contributed by atoms with Gasteiger partial charge in [0.25, 0.3) is 5.91 Å². The van der Waals surface area contributed by atoms with Crippen molar-refractivity contribution in [3.8, 4) is 5.75 Å². The maximum atomic E-state index is 13.6. The summed E-state index contributed by atoms with van der Waals surface area (Å²) in [6, 6.07) is 9.48. The van der Waals surface area contributed by atoms with E-state index < -0.39 is 29.7 Å². The van der Waals surface area contributed by atoms with Crippen LogP contribution in [0.3, 0.4) is 0 Å². The molecule has 7 nitrogen and oxygen atoms in total. The van der Waals surface area contributed by atoms with Crippen LogP contribution in [0.5, 0.6) is 5.75 Å². The minimum absolute atomic E-state index is 0.00764. The van der Waals surface area contributed by atoms with Gasteiger partial charge < -0.3 is 20.5 Å². The molecule has 2 rings (SSSR count). The van der Waals surface area contributed by atoms with Gasteiger partial charge in [-0.25, -0.2) is 9.18 Å². The molecule has 3 N–H and O–H groups in total. The maximum absolute atomic E-state index is 13.6. The number of rotatable bonds is 6. The number of esters is 1. The Morgan fingerprint density at radius 1 is 1.08 bits per heavy atom. The lowest BCUT2D eigenvalue weighted by molar-refractivity contribution is -0.123. The summed E-state index contributed by atoms with van der Waals surface area (Å²) in [5, 5.41) is 2.53. The molecule has 1 atom stereocenters. The predicted molar refractivity (Wildman–Crippen MR) is 91.4 cm³/mol. The van der Waals surface area contributed by atoms with Crippen LogP contribution < -0.4 is 15.8 Å². The second kappa shape index (κ2) is 8.11. The van der Waals surface area contributed by atoms with E-state index in [1.807, 2.05) is 0 Å². The molecule has 0 bridgehead atoms. The van der Waals surface area contributed by atoms with Crippen LogP contribution in [0.25, 0.3) is 0 Å². The lowest BCUT2D eigenvalue weighted by atomic mass is 10.2. The Hall–Kier alpha value is -3.42. The molecule has 2 amide bonds. The topological polar surface area (TPSA) is 108 Å². The number of methoxy groups -OCH3 is 1. The molecule has 136 valence electrons. The summed E-state index contributed by atoms with van der Waals surface area (Å²) in [4.78, 5) is 35.1. The Bertz CT molecular complexity index is 836. The van der Waals surface area contributed by atoms with Crippen molar-refractivity contribution in [2.45, 2.75) is 13.0 Å². The summed E-state index contributed by atoms with van der Waals surface area (Å²) < 4.78 is 23.4. The van der Waals surface area contributed by atoms with E-state index in [1.54, 1.807) is 0 Å². The zero-order valence-corrected chi connectivity index (χ0v) is 14.1. The highest BCUT2D eigenvalue weighted by molar-refractivity contribution is 5.98. The molecule has 0 fully saturated rings. The summed E-state index contributed by atoms with van der Waals surface area (Å²) in [7, 11) is 1.30. The standard InChI is InChI=1S/C18H17FN2O5/c1-10(17(23)21-13-6-3-11(4-7-13)16(20)22)26-18(24)12-5-8-15(25-2)14(19)9-12/h3-10H,1-2H3,(H2,20,22)(H,21,23). The number of primary amides is 1. The zero-order chi connectivity index (χ0) is 19.3. The maximum Gasteiger partial charge on any atom is 0.339 e. The van der Waals surface area contributed by atoms with Crippen LogP contribution in [0.4, 0.5) is 10.1 Å². The normalized spacial score (nSPS) is 11.3. The number of hydrogen-bond acceptors (Lipinski definition) is 5. The number of benzene rings is 2. The molecular formula is C18H17FN2O5. The molecule has 0 aromatic heterocycles. The number of carbonyl (C=O) groups excluding carboxylic acids is 3. The first kappa shape index (κ1) is 18.9. The van der Waals surface area contributed by atoms with Crippen LogP contribution in [0.2, 0.25) is 0 Å². The number of carbonyl (C=O) groups is 3. The van der Waals surface area contributed by atoms with Gasteiger partial charge in [-0.2, -0.15) is 0 Å². The molecule has 0 aliphatic heterocycles. The molecule has 8 heteroatoms. The van der Waals surface area contributed by atoms with Crippen molar-refractivity contribution in [3.05, 3.63) is 59.4 Å². The lowest BCUT2D eigenvalue weighted by Crippen LogP contribution is -2.30. The highest BCUT2D eigenvalue weighted by atomic mass is 19.1. The van der Waals surface area contributed by atoms with Crippen molar-refractivity contribution in [1.29, 1.82) is 0 Å². The fourth-order valence-corrected chi connectivity index (χ4v) is 2.04. The summed E-state index contributed by atoms with van der Waals surface area (Å²) in [6.07, 6.45) is -1.12. The van der Waals surface area contributed by atoms with E-state index in [9.17, 15) is 18.8 Å². The predicted octanol–water partition coefficient (Wildman–Crippen LogP) is 2.12. The Labute approximate surface area is 148 Å². The summed E-state index contributed by atoms with van der Waals surface area (Å²) >= 11 is 0. The first-order valence-electron chi connectivity index (χ1n) is 7.57. The van der Waals surface area contributed by atoms with Crippen LogP contribution in [-0.2, 0) is 9.53 Å². The summed E-state index contributed by atoms with van der Waals surface area (Å²) in [5.74, 6) is -2.74. The molecule has 0 aliphatic carbocycles. The van der Waals surface area contributed by atoms with Crippen LogP contribution >= 0.6 is 0 Å². The van der Waals surface area contributed by atoms with Crippen LogP contribution in [0, 0.1) is 5.82 Å². The van der Waals surface area contributed by atoms with Gasteiger partial charge in [0, 0.05) is 11.3 Å². The minimum Gasteiger partial charge on any atom is -0.494 e. The number of amides is 2. The average Bonchev–Trinajstić information content (AvgIpc) is 2.61. The van der Waals surface area contributed by atoms with Crippen molar-refractivity contribution in [2.24, 2.45) is 5.73 Å². The number of nitrogens with one attached hydrogen (secondary N) is 1. The van der Waals surface area contributed by atoms with Crippen molar-refractivity contribution in [2.75, 3.05) is 12.4 Å². The molecule has 0 radical (unpaired) electrons. The van der Waals surface area contributed by atoms with Gasteiger partial charge in [-0.3, -0.25) is 9.59 Å². The molecule has 0 saturated heterocycles. The monoisotopic (exact) mass is 360 g/mol. The SMILES string of the molecule is COc1ccc(C(=O)OC(C)C(=O)Nc2ccc(C(N)=O)cc2)cc1F. The van der Waals surface area contributed by atoms with E-state index in [0.717, 1.165) is 6.07 Å². The molecular weight excluding hydrogens is 343 g/mol. The van der Waals surface area contributed by atoms with E-state index in [0.29, 0.717) is 11.3 Å². The van der Waals surface area contributed by atoms with Gasteiger partial charge in [0.15, 0.2) is 17.7 Å². The third-order valence-corrected chi connectivity index (χ3v) is 3.48. The Morgan fingerprint density at radius 3 is 2.23 bits per heavy atom. The fraction of sp³-hybridized carbons (Fsp3) is 0.167. The molecule has 26 heavy (non-hydrogen) atoms. The highest BCUT2D eigenvalue weighted by Crippen LogP contribution is 2.18. The molecule has 2 aromatic carbocycles. The van der Waals surface area contributed by atoms with E-state index >= 15 is 0 Å². The van der Waals surface area contributed by atoms with Gasteiger partial charge in [-0.15, -0.1) is 0 Å². The van der Waals surface area contributed by atoms with Crippen molar-refractivity contribution >= 4 is 23.5 Å². The first-order valence-corrected chi connectivity index (χ1v) is 7.57. The number of halogens is 1. The lowest BCUT2D eigenvalue weighted by Gasteiger charge is -2.14. The van der Waals surface area contributed by atoms with Gasteiger partial charge in [0.1, 0.15) is 0 Å². The van der Waals surface area contributed by atoms with E-state index in [1.165, 1.54) is 50.4 Å². The highest BCUT2D eigenvalue weighted by Gasteiger charge is 2.20. The van der Waals surface area contributed by atoms with Gasteiger partial charge in [0.05, 0.1) is 12.7 Å². The molecule has 0 aliphatic rings. The smallest absolute Gasteiger partial charge is 0.339 e. The number of ether oxygens (including phenoxy) is 2. The van der Waals surface area contributed by atoms with Crippen LogP contribution in [0.1, 0.15) is 27.6 Å². The van der Waals surface area contributed by atoms with Gasteiger partial charge in [-0.05, 0) is 49.4 Å². The number of nitrogens with two attached hydrogens (primary N) is 1. The molecule has 2 aromatic rings. The fourth-order valence-electron chi connectivity index (χ4n) is 2.04. The zero-order valence-electron chi connectivity index (χ0n) is 14.1. The van der Waals surface area contributed by atoms with Gasteiger partial charge >= 0.3 is 5.97 Å². The minimum atomic E-state index is -1.12. The molecule has 1 unspecified atom stereocenters. The summed E-state index contributed by atoms with van der Waals surface area (Å²) in [6.45, 7) is 1.38. The Balaban J connectivity index is 1.98. The quantitative estimate of drug-likeness (QED) is 0.767. The molecule has 0 spiro atoms. The van der Waals surface area contributed by atoms with Crippen molar-refractivity contribution in [1.82, 2.24) is 0 Å². The van der Waals surface area contributed by atoms with Gasteiger partial charge in [0.2, 0.25) is 5.91 Å². The largest absolute Gasteiger partial charge is 0.494 e. The van der Waals surface area contributed by atoms with E-state index in [2.05, 4.69) is 5.32 Å². The molecule has 0 saturated carbocycles. The van der Waals surface area contributed by atoms with Crippen molar-refractivity contribution in [3.63, 3.8) is 0 Å². The van der Waals surface area contributed by atoms with Gasteiger partial charge in [-0.1, -0.05) is 0 Å². The third-order valence-electron chi connectivity index (χ3n) is 3.48. The average molecular weight is 360 g/mol. The summed E-state index contributed by atoms with van der Waals surface area (Å²) in [5.41, 5.74) is 5.78. The third kappa shape index (κ3) is 4.56. The van der Waals surface area contributed by atoms with Crippen LogP contribution in [-0.4, -0.2) is 31.0 Å². The van der Waals surface area contributed by atoms with E-state index in [4.69, 9.17) is 15.2 Å². The number of hydrogen-bond donors (Lipinski definition) is 2. The van der Waals surface area contributed by atoms with E-state index in [-0.39, 0.29) is 11.3 Å². The van der Waals surface area contributed by atoms with Crippen molar-refractivity contribution < 1.29 is 28.2 Å². The first-order chi connectivity index (χ1) is 12.3. The number of anilines is 1. The molecule has 0 heterocycles. The van der Waals surface area contributed by atoms with Crippen LogP contribution in [0.15, 0.2) is 42.5 Å².